The molecule has 5 nitrogen and oxygen atoms in total. The van der Waals surface area contributed by atoms with Crippen LogP contribution in [0.15, 0.2) is 23.0 Å². The van der Waals surface area contributed by atoms with Crippen LogP contribution in [0.1, 0.15) is 0 Å². The molecule has 0 fully saturated rings. The Morgan fingerprint density at radius 1 is 1.50 bits per heavy atom. The van der Waals surface area contributed by atoms with E-state index in [1.165, 1.54) is 6.07 Å². The molecule has 0 spiro atoms. The summed E-state index contributed by atoms with van der Waals surface area (Å²) in [4.78, 5) is 13.2. The molecule has 1 aromatic heterocycles. The van der Waals surface area contributed by atoms with Crippen LogP contribution in [0.25, 0.3) is 11.0 Å². The zero-order valence-corrected chi connectivity index (χ0v) is 6.07. The average Bonchev–Trinajstić information content (AvgIpc) is 2.28. The van der Waals surface area contributed by atoms with E-state index in [0.29, 0.717) is 21.5 Å². The van der Waals surface area contributed by atoms with Gasteiger partial charge in [0, 0.05) is 5.69 Å². The molecule has 0 radical (unpaired) electrons. The van der Waals surface area contributed by atoms with Gasteiger partial charge in [0.1, 0.15) is 0 Å². The van der Waals surface area contributed by atoms with Gasteiger partial charge >= 0.3 is 5.69 Å². The Labute approximate surface area is 67.0 Å². The minimum atomic E-state index is -0.671. The monoisotopic (exact) mass is 164 g/mol. The van der Waals surface area contributed by atoms with Gasteiger partial charge in [0.05, 0.1) is 11.0 Å². The van der Waals surface area contributed by atoms with E-state index < -0.39 is 5.69 Å². The van der Waals surface area contributed by atoms with Gasteiger partial charge in [0.15, 0.2) is 0 Å². The molecule has 1 heterocycles. The van der Waals surface area contributed by atoms with Gasteiger partial charge in [0.25, 0.3) is 0 Å². The van der Waals surface area contributed by atoms with Crippen LogP contribution in [0.5, 0.6) is 0 Å². The third kappa shape index (κ3) is 0.763. The molecule has 0 unspecified atom stereocenters. The molecule has 0 aliphatic carbocycles. The number of nitrogens with zero attached hydrogens (tertiary/aromatic N) is 1. The highest BCUT2D eigenvalue weighted by Gasteiger charge is 1.98. The SMILES string of the molecule is Nc1ccc2c(c1)[nH]c(=O)n2[O-]. The maximum absolute atomic E-state index is 11.0. The Morgan fingerprint density at radius 2 is 2.25 bits per heavy atom. The number of anilines is 1. The molecular formula is C7H6N3O2-. The minimum absolute atomic E-state index is 0.300. The Bertz CT molecular complexity index is 483. The van der Waals surface area contributed by atoms with Crippen LogP contribution >= 0.6 is 0 Å². The number of aromatic amines is 1. The first-order valence-electron chi connectivity index (χ1n) is 3.36. The Kier molecular flexibility index (Phi) is 1.15. The fraction of sp³-hybridized carbons (Fsp3) is 0. The van der Waals surface area contributed by atoms with E-state index in [4.69, 9.17) is 5.73 Å². The van der Waals surface area contributed by atoms with Gasteiger partial charge in [-0.2, -0.15) is 0 Å². The molecule has 0 aliphatic heterocycles. The second-order valence-corrected chi connectivity index (χ2v) is 2.50. The number of nitrogen functional groups attached to an aromatic ring is 1. The van der Waals surface area contributed by atoms with E-state index >= 15 is 0 Å². The molecule has 62 valence electrons. The van der Waals surface area contributed by atoms with Crippen molar-refractivity contribution in [3.05, 3.63) is 33.9 Å². The third-order valence-corrected chi connectivity index (χ3v) is 1.67. The van der Waals surface area contributed by atoms with Crippen molar-refractivity contribution in [3.63, 3.8) is 0 Å². The summed E-state index contributed by atoms with van der Waals surface area (Å²) in [6, 6.07) is 4.63. The highest BCUT2D eigenvalue weighted by atomic mass is 16.5. The van der Waals surface area contributed by atoms with Crippen LogP contribution in [-0.2, 0) is 0 Å². The minimum Gasteiger partial charge on any atom is -0.802 e. The highest BCUT2D eigenvalue weighted by Crippen LogP contribution is 2.12. The molecule has 2 rings (SSSR count). The largest absolute Gasteiger partial charge is 0.802 e. The summed E-state index contributed by atoms with van der Waals surface area (Å²) >= 11 is 0. The van der Waals surface area contributed by atoms with Crippen LogP contribution in [0.3, 0.4) is 0 Å². The third-order valence-electron chi connectivity index (χ3n) is 1.67. The maximum atomic E-state index is 11.0. The lowest BCUT2D eigenvalue weighted by molar-refractivity contribution is 1.03. The van der Waals surface area contributed by atoms with Crippen molar-refractivity contribution in [2.45, 2.75) is 0 Å². The number of nitrogens with two attached hydrogens (primary N) is 1. The molecule has 5 heteroatoms. The first-order chi connectivity index (χ1) is 5.68. The Balaban J connectivity index is 2.96. The lowest BCUT2D eigenvalue weighted by atomic mass is 10.3. The van der Waals surface area contributed by atoms with E-state index in [-0.39, 0.29) is 0 Å². The second kappa shape index (κ2) is 2.04. The van der Waals surface area contributed by atoms with Crippen molar-refractivity contribution >= 4 is 16.7 Å². The van der Waals surface area contributed by atoms with Gasteiger partial charge in [-0.1, -0.05) is 0 Å². The molecule has 12 heavy (non-hydrogen) atoms. The van der Waals surface area contributed by atoms with Crippen LogP contribution in [0.2, 0.25) is 0 Å². The summed E-state index contributed by atoms with van der Waals surface area (Å²) in [5.74, 6) is 0. The van der Waals surface area contributed by atoms with E-state index in [1.807, 2.05) is 0 Å². The van der Waals surface area contributed by atoms with Gasteiger partial charge < -0.3 is 20.7 Å². The highest BCUT2D eigenvalue weighted by molar-refractivity contribution is 5.79. The molecule has 0 saturated heterocycles. The predicted molar refractivity (Wildman–Crippen MR) is 45.7 cm³/mol. The lowest BCUT2D eigenvalue weighted by Gasteiger charge is -2.03. The van der Waals surface area contributed by atoms with Crippen LogP contribution < -0.4 is 11.4 Å². The Morgan fingerprint density at radius 3 is 3.00 bits per heavy atom. The van der Waals surface area contributed by atoms with E-state index in [0.717, 1.165) is 0 Å². The van der Waals surface area contributed by atoms with Crippen molar-refractivity contribution in [1.82, 2.24) is 9.71 Å². The molecule has 0 bridgehead atoms. The molecule has 0 atom stereocenters. The standard InChI is InChI=1S/C7H6N3O2/c8-4-1-2-6-5(3-4)9-7(11)10(6)12/h1-3H,8H2,(H,9,11)/q-1. The summed E-state index contributed by atoms with van der Waals surface area (Å²) < 4.78 is 0.300. The number of nitrogens with one attached hydrogen (secondary N) is 1. The normalized spacial score (nSPS) is 10.7. The van der Waals surface area contributed by atoms with Crippen LogP contribution in [0, 0.1) is 5.21 Å². The van der Waals surface area contributed by atoms with Crippen LogP contribution in [-0.4, -0.2) is 9.71 Å². The zero-order chi connectivity index (χ0) is 8.72. The summed E-state index contributed by atoms with van der Waals surface area (Å²) in [5.41, 5.74) is 6.08. The predicted octanol–water partition coefficient (Wildman–Crippen LogP) is 0.258. The van der Waals surface area contributed by atoms with E-state index in [1.54, 1.807) is 12.1 Å². The van der Waals surface area contributed by atoms with Crippen molar-refractivity contribution in [2.75, 3.05) is 5.73 Å². The molecule has 0 amide bonds. The second-order valence-electron chi connectivity index (χ2n) is 2.50. The summed E-state index contributed by atoms with van der Waals surface area (Å²) in [5, 5.41) is 11.0. The zero-order valence-electron chi connectivity index (χ0n) is 6.07. The topological polar surface area (TPSA) is 86.9 Å². The van der Waals surface area contributed by atoms with Crippen LogP contribution in [0.4, 0.5) is 5.69 Å². The van der Waals surface area contributed by atoms with Crippen molar-refractivity contribution in [2.24, 2.45) is 0 Å². The number of rotatable bonds is 0. The first kappa shape index (κ1) is 6.78. The first-order valence-corrected chi connectivity index (χ1v) is 3.36. The summed E-state index contributed by atoms with van der Waals surface area (Å²) in [7, 11) is 0. The number of aromatic nitrogens is 2. The molecule has 2 aromatic rings. The molecule has 0 aliphatic rings. The number of H-pyrrole nitrogens is 1. The fourth-order valence-electron chi connectivity index (χ4n) is 1.11. The fourth-order valence-corrected chi connectivity index (χ4v) is 1.11. The van der Waals surface area contributed by atoms with Gasteiger partial charge in [0.2, 0.25) is 0 Å². The van der Waals surface area contributed by atoms with Crippen molar-refractivity contribution < 1.29 is 0 Å². The van der Waals surface area contributed by atoms with Gasteiger partial charge in [-0.25, -0.2) is 4.79 Å². The lowest BCUT2D eigenvalue weighted by Crippen LogP contribution is -2.10. The molecule has 0 saturated carbocycles. The number of hydrogen-bond donors (Lipinski definition) is 2. The van der Waals surface area contributed by atoms with E-state index in [2.05, 4.69) is 4.98 Å². The maximum Gasteiger partial charge on any atom is 0.321 e. The summed E-state index contributed by atoms with van der Waals surface area (Å²) in [6.07, 6.45) is 0. The number of imidazole rings is 1. The van der Waals surface area contributed by atoms with Gasteiger partial charge in [-0.3, -0.25) is 0 Å². The smallest absolute Gasteiger partial charge is 0.321 e. The molecule has 3 N–H and O–H groups in total. The quantitative estimate of drug-likeness (QED) is 0.547. The van der Waals surface area contributed by atoms with Gasteiger partial charge in [-0.05, 0) is 18.2 Å². The van der Waals surface area contributed by atoms with E-state index in [9.17, 15) is 10.0 Å². The molecule has 1 aromatic carbocycles. The Hall–Kier alpha value is -1.91. The van der Waals surface area contributed by atoms with Crippen molar-refractivity contribution in [3.8, 4) is 0 Å². The summed E-state index contributed by atoms with van der Waals surface area (Å²) in [6.45, 7) is 0. The average molecular weight is 164 g/mol. The molecular weight excluding hydrogens is 158 g/mol. The number of benzene rings is 1. The number of fused-ring (bicyclic) bond motifs is 1. The number of hydrogen-bond acceptors (Lipinski definition) is 3. The van der Waals surface area contributed by atoms with Gasteiger partial charge in [-0.15, -0.1) is 0 Å². The van der Waals surface area contributed by atoms with Crippen molar-refractivity contribution in [1.29, 1.82) is 0 Å².